The molecule has 5 rings (SSSR count). The fourth-order valence-corrected chi connectivity index (χ4v) is 11.3. The second-order valence-corrected chi connectivity index (χ2v) is 14.1. The number of aliphatic hydroxyl groups excluding tert-OH is 1. The number of hydrogen-bond donors (Lipinski definition) is 1. The summed E-state index contributed by atoms with van der Waals surface area (Å²) in [7, 11) is 0. The molecule has 9 unspecified atom stereocenters. The van der Waals surface area contributed by atoms with Gasteiger partial charge in [0, 0.05) is 24.4 Å². The number of aliphatic hydroxyl groups is 1. The van der Waals surface area contributed by atoms with Crippen molar-refractivity contribution in [3.05, 3.63) is 0 Å². The maximum Gasteiger partial charge on any atom is 0.138 e. The van der Waals surface area contributed by atoms with Gasteiger partial charge < -0.3 is 5.11 Å². The molecule has 5 aliphatic carbocycles. The Morgan fingerprint density at radius 3 is 2.25 bits per heavy atom. The van der Waals surface area contributed by atoms with E-state index in [2.05, 4.69) is 34.6 Å². The Morgan fingerprint density at radius 1 is 0.875 bits per heavy atom. The van der Waals surface area contributed by atoms with Gasteiger partial charge in [-0.3, -0.25) is 9.59 Å². The number of hydrogen-bond acceptors (Lipinski definition) is 3. The van der Waals surface area contributed by atoms with Crippen LogP contribution in [0.1, 0.15) is 106 Å². The number of rotatable bonds is 2. The number of ketones is 2. The second kappa shape index (κ2) is 6.92. The van der Waals surface area contributed by atoms with Crippen LogP contribution in [0.25, 0.3) is 0 Å². The van der Waals surface area contributed by atoms with E-state index < -0.39 is 0 Å². The molecule has 32 heavy (non-hydrogen) atoms. The third-order valence-electron chi connectivity index (χ3n) is 13.2. The van der Waals surface area contributed by atoms with Crippen LogP contribution in [0.15, 0.2) is 0 Å². The highest BCUT2D eigenvalue weighted by atomic mass is 16.3. The van der Waals surface area contributed by atoms with Gasteiger partial charge in [0.2, 0.25) is 0 Å². The van der Waals surface area contributed by atoms with Gasteiger partial charge in [0.15, 0.2) is 0 Å². The summed E-state index contributed by atoms with van der Waals surface area (Å²) in [4.78, 5) is 25.6. The summed E-state index contributed by atoms with van der Waals surface area (Å²) in [6.07, 6.45) is 10.9. The Hall–Kier alpha value is -0.700. The zero-order chi connectivity index (χ0) is 23.3. The predicted molar refractivity (Wildman–Crippen MR) is 127 cm³/mol. The smallest absolute Gasteiger partial charge is 0.138 e. The molecule has 0 aromatic heterocycles. The second-order valence-electron chi connectivity index (χ2n) is 14.1. The van der Waals surface area contributed by atoms with Crippen molar-refractivity contribution in [2.75, 3.05) is 6.61 Å². The lowest BCUT2D eigenvalue weighted by molar-refractivity contribution is -0.236. The summed E-state index contributed by atoms with van der Waals surface area (Å²) in [5, 5.41) is 10.6. The zero-order valence-electron chi connectivity index (χ0n) is 21.4. The minimum absolute atomic E-state index is 0.0237. The first kappa shape index (κ1) is 23.1. The summed E-state index contributed by atoms with van der Waals surface area (Å²) in [5.74, 6) is 3.02. The largest absolute Gasteiger partial charge is 0.396 e. The molecular weight excluding hydrogens is 396 g/mol. The summed E-state index contributed by atoms with van der Waals surface area (Å²) < 4.78 is 0. The van der Waals surface area contributed by atoms with Crippen LogP contribution >= 0.6 is 0 Å². The quantitative estimate of drug-likeness (QED) is 0.552. The van der Waals surface area contributed by atoms with Gasteiger partial charge in [-0.25, -0.2) is 0 Å². The first-order valence-electron chi connectivity index (χ1n) is 13.5. The van der Waals surface area contributed by atoms with E-state index in [0.29, 0.717) is 35.2 Å². The maximum atomic E-state index is 12.9. The molecule has 0 bridgehead atoms. The molecule has 180 valence electrons. The van der Waals surface area contributed by atoms with E-state index in [4.69, 9.17) is 0 Å². The fraction of sp³-hybridized carbons (Fsp3) is 0.931. The number of carbonyl (C=O) groups is 2. The molecule has 0 spiro atoms. The van der Waals surface area contributed by atoms with E-state index in [9.17, 15) is 14.7 Å². The molecule has 9 atom stereocenters. The lowest BCUT2D eigenvalue weighted by Crippen LogP contribution is -2.66. The molecule has 5 saturated carbocycles. The summed E-state index contributed by atoms with van der Waals surface area (Å²) >= 11 is 0. The van der Waals surface area contributed by atoms with Gasteiger partial charge in [-0.1, -0.05) is 34.6 Å². The van der Waals surface area contributed by atoms with E-state index in [1.54, 1.807) is 6.92 Å². The van der Waals surface area contributed by atoms with Crippen molar-refractivity contribution in [3.8, 4) is 0 Å². The fourth-order valence-electron chi connectivity index (χ4n) is 11.3. The summed E-state index contributed by atoms with van der Waals surface area (Å²) in [6.45, 7) is 14.2. The number of carbonyl (C=O) groups excluding carboxylic acids is 2. The van der Waals surface area contributed by atoms with Crippen LogP contribution in [0.3, 0.4) is 0 Å². The lowest BCUT2D eigenvalue weighted by Gasteiger charge is -2.72. The normalized spacial score (nSPS) is 54.2. The SMILES string of the molecule is CC(=O)C1CCC2(CO)CCC3(C)C(CCC4C5(C)CCC(=O)C(C)(C)C5CCC43C)C12. The molecule has 3 heteroatoms. The molecule has 0 aromatic carbocycles. The minimum atomic E-state index is -0.199. The summed E-state index contributed by atoms with van der Waals surface area (Å²) in [6, 6.07) is 0. The molecule has 0 amide bonds. The first-order chi connectivity index (χ1) is 14.9. The van der Waals surface area contributed by atoms with Crippen molar-refractivity contribution in [1.29, 1.82) is 0 Å². The Kier molecular flexibility index (Phi) is 4.99. The molecule has 5 aliphatic rings. The highest BCUT2D eigenvalue weighted by Crippen LogP contribution is 2.77. The number of Topliss-reactive ketones (excluding diaryl/α,β-unsaturated/α-hetero) is 2. The van der Waals surface area contributed by atoms with Gasteiger partial charge in [0.05, 0.1) is 0 Å². The van der Waals surface area contributed by atoms with Crippen molar-refractivity contribution < 1.29 is 14.7 Å². The van der Waals surface area contributed by atoms with Crippen molar-refractivity contribution >= 4 is 11.6 Å². The van der Waals surface area contributed by atoms with Gasteiger partial charge in [0.25, 0.3) is 0 Å². The monoisotopic (exact) mass is 442 g/mol. The topological polar surface area (TPSA) is 54.4 Å². The Bertz CT molecular complexity index is 830. The van der Waals surface area contributed by atoms with E-state index in [-0.39, 0.29) is 39.6 Å². The van der Waals surface area contributed by atoms with Crippen LogP contribution in [-0.2, 0) is 9.59 Å². The molecular formula is C29H46O3. The van der Waals surface area contributed by atoms with E-state index in [0.717, 1.165) is 38.5 Å². The van der Waals surface area contributed by atoms with Crippen LogP contribution in [-0.4, -0.2) is 23.3 Å². The predicted octanol–water partition coefficient (Wildman–Crippen LogP) is 6.22. The average Bonchev–Trinajstić information content (AvgIpc) is 3.12. The molecule has 3 nitrogen and oxygen atoms in total. The standard InChI is InChI=1S/C29H46O3/c1-18(31)19-9-14-29(17-30)16-15-27(5)20(24(19)29)7-8-22-26(4)12-11-23(32)25(2,3)21(26)10-13-28(22,27)6/h19-22,24,30H,7-17H2,1-6H3. The molecule has 0 saturated heterocycles. The Balaban J connectivity index is 1.56. The third-order valence-corrected chi connectivity index (χ3v) is 13.2. The molecule has 0 aliphatic heterocycles. The van der Waals surface area contributed by atoms with Gasteiger partial charge in [-0.2, -0.15) is 0 Å². The molecule has 0 heterocycles. The van der Waals surface area contributed by atoms with Crippen LogP contribution in [0, 0.1) is 56.7 Å². The van der Waals surface area contributed by atoms with Crippen molar-refractivity contribution in [2.45, 2.75) is 106 Å². The molecule has 0 radical (unpaired) electrons. The lowest BCUT2D eigenvalue weighted by atomic mass is 9.32. The molecule has 5 fully saturated rings. The maximum absolute atomic E-state index is 12.9. The highest BCUT2D eigenvalue weighted by molar-refractivity contribution is 5.85. The van der Waals surface area contributed by atoms with E-state index >= 15 is 0 Å². The van der Waals surface area contributed by atoms with Crippen LogP contribution < -0.4 is 0 Å². The third kappa shape index (κ3) is 2.58. The average molecular weight is 443 g/mol. The molecule has 1 N–H and O–H groups in total. The van der Waals surface area contributed by atoms with E-state index in [1.807, 2.05) is 0 Å². The minimum Gasteiger partial charge on any atom is -0.396 e. The van der Waals surface area contributed by atoms with Gasteiger partial charge in [-0.05, 0) is 110 Å². The van der Waals surface area contributed by atoms with Gasteiger partial charge in [0.1, 0.15) is 11.6 Å². The van der Waals surface area contributed by atoms with Crippen molar-refractivity contribution in [2.24, 2.45) is 56.7 Å². The highest BCUT2D eigenvalue weighted by Gasteiger charge is 2.71. The van der Waals surface area contributed by atoms with Crippen LogP contribution in [0.4, 0.5) is 0 Å². The zero-order valence-corrected chi connectivity index (χ0v) is 21.4. The Morgan fingerprint density at radius 2 is 1.59 bits per heavy atom. The molecule has 0 aromatic rings. The summed E-state index contributed by atoms with van der Waals surface area (Å²) in [5.41, 5.74) is 0.486. The van der Waals surface area contributed by atoms with E-state index in [1.165, 1.54) is 25.7 Å². The Labute approximate surface area is 195 Å². The van der Waals surface area contributed by atoms with Crippen LogP contribution in [0.5, 0.6) is 0 Å². The van der Waals surface area contributed by atoms with Crippen molar-refractivity contribution in [3.63, 3.8) is 0 Å². The first-order valence-corrected chi connectivity index (χ1v) is 13.5. The van der Waals surface area contributed by atoms with Crippen LogP contribution in [0.2, 0.25) is 0 Å². The number of fused-ring (bicyclic) bond motifs is 7. The van der Waals surface area contributed by atoms with Gasteiger partial charge >= 0.3 is 0 Å². The van der Waals surface area contributed by atoms with Crippen molar-refractivity contribution in [1.82, 2.24) is 0 Å². The van der Waals surface area contributed by atoms with Gasteiger partial charge in [-0.15, -0.1) is 0 Å².